The van der Waals surface area contributed by atoms with E-state index < -0.39 is 0 Å². The minimum atomic E-state index is -0.0752. The van der Waals surface area contributed by atoms with E-state index in [1.54, 1.807) is 0 Å². The fourth-order valence-corrected chi connectivity index (χ4v) is 1.27. The zero-order valence-electron chi connectivity index (χ0n) is 6.00. The second-order valence-corrected chi connectivity index (χ2v) is 2.58. The van der Waals surface area contributed by atoms with Crippen molar-refractivity contribution >= 4 is 11.7 Å². The largest absolute Gasteiger partial charge is 0.350 e. The van der Waals surface area contributed by atoms with Gasteiger partial charge in [0.2, 0.25) is 5.91 Å². The van der Waals surface area contributed by atoms with E-state index in [0.717, 1.165) is 12.3 Å². The number of rotatable bonds is 0. The molecule has 1 amide bonds. The van der Waals surface area contributed by atoms with Gasteiger partial charge in [-0.25, -0.2) is 0 Å². The van der Waals surface area contributed by atoms with Crippen molar-refractivity contribution < 1.29 is 4.79 Å². The quantitative estimate of drug-likeness (QED) is 0.494. The molecule has 4 heteroatoms. The highest BCUT2D eigenvalue weighted by molar-refractivity contribution is 6.05. The Hall–Kier alpha value is -1.32. The van der Waals surface area contributed by atoms with Crippen LogP contribution >= 0.6 is 0 Å². The predicted molar refractivity (Wildman–Crippen MR) is 40.8 cm³/mol. The lowest BCUT2D eigenvalue weighted by molar-refractivity contribution is -0.123. The van der Waals surface area contributed by atoms with Gasteiger partial charge < -0.3 is 10.6 Å². The second kappa shape index (κ2) is 2.38. The minimum Gasteiger partial charge on any atom is -0.350 e. The van der Waals surface area contributed by atoms with E-state index in [0.29, 0.717) is 6.67 Å². The van der Waals surface area contributed by atoms with E-state index in [1.165, 1.54) is 0 Å². The molecule has 0 fully saturated rings. The van der Waals surface area contributed by atoms with Crippen LogP contribution in [0.4, 0.5) is 0 Å². The molecule has 2 aliphatic rings. The Labute approximate surface area is 64.4 Å². The molecule has 1 atom stereocenters. The number of allylic oxidation sites excluding steroid dienone is 1. The lowest BCUT2D eigenvalue weighted by atomic mass is 10.00. The molecule has 0 spiro atoms. The number of carbonyl (C=O) groups is 1. The Morgan fingerprint density at radius 1 is 1.64 bits per heavy atom. The molecule has 2 rings (SSSR count). The molecule has 0 radical (unpaired) electrons. The van der Waals surface area contributed by atoms with Crippen molar-refractivity contribution in [2.24, 2.45) is 10.9 Å². The van der Waals surface area contributed by atoms with E-state index in [1.807, 2.05) is 12.3 Å². The lowest BCUT2D eigenvalue weighted by Gasteiger charge is -2.24. The van der Waals surface area contributed by atoms with E-state index >= 15 is 0 Å². The van der Waals surface area contributed by atoms with Crippen LogP contribution in [0.5, 0.6) is 0 Å². The highest BCUT2D eigenvalue weighted by Gasteiger charge is 2.27. The summed E-state index contributed by atoms with van der Waals surface area (Å²) in [4.78, 5) is 15.3. The van der Waals surface area contributed by atoms with Gasteiger partial charge in [0.25, 0.3) is 0 Å². The molecular weight excluding hydrogens is 142 g/mol. The zero-order valence-corrected chi connectivity index (χ0v) is 6.00. The highest BCUT2D eigenvalue weighted by atomic mass is 16.2. The van der Waals surface area contributed by atoms with Crippen molar-refractivity contribution in [3.63, 3.8) is 0 Å². The van der Waals surface area contributed by atoms with Crippen LogP contribution in [0.2, 0.25) is 0 Å². The molecule has 0 aromatic rings. The third-order valence-corrected chi connectivity index (χ3v) is 1.87. The summed E-state index contributed by atoms with van der Waals surface area (Å²) < 4.78 is 0. The molecule has 2 N–H and O–H groups in total. The van der Waals surface area contributed by atoms with Gasteiger partial charge in [-0.3, -0.25) is 9.79 Å². The van der Waals surface area contributed by atoms with Crippen LogP contribution in [0.15, 0.2) is 17.3 Å². The van der Waals surface area contributed by atoms with Crippen molar-refractivity contribution in [3.05, 3.63) is 12.3 Å². The maximum Gasteiger partial charge on any atom is 0.232 e. The van der Waals surface area contributed by atoms with Crippen molar-refractivity contribution in [2.45, 2.75) is 6.42 Å². The number of amidine groups is 1. The summed E-state index contributed by atoms with van der Waals surface area (Å²) in [7, 11) is 0. The number of nitrogens with one attached hydrogen (secondary N) is 2. The normalized spacial score (nSPS) is 28.2. The maximum absolute atomic E-state index is 11.2. The topological polar surface area (TPSA) is 53.5 Å². The molecule has 2 heterocycles. The summed E-state index contributed by atoms with van der Waals surface area (Å²) in [5, 5.41) is 5.64. The first-order valence-corrected chi connectivity index (χ1v) is 3.61. The van der Waals surface area contributed by atoms with Gasteiger partial charge in [0.15, 0.2) is 0 Å². The summed E-state index contributed by atoms with van der Waals surface area (Å²) in [6.45, 7) is 0.408. The van der Waals surface area contributed by atoms with Gasteiger partial charge in [-0.05, 0) is 12.6 Å². The summed E-state index contributed by atoms with van der Waals surface area (Å²) in [6.07, 6.45) is 4.53. The van der Waals surface area contributed by atoms with Crippen LogP contribution in [0.3, 0.4) is 0 Å². The van der Waals surface area contributed by atoms with Crippen LogP contribution in [-0.2, 0) is 4.79 Å². The van der Waals surface area contributed by atoms with Crippen LogP contribution in [0, 0.1) is 5.92 Å². The molecule has 0 saturated heterocycles. The Kier molecular flexibility index (Phi) is 1.38. The molecular formula is C7H9N3O. The smallest absolute Gasteiger partial charge is 0.232 e. The molecule has 0 aromatic heterocycles. The van der Waals surface area contributed by atoms with Gasteiger partial charge in [-0.2, -0.15) is 0 Å². The summed E-state index contributed by atoms with van der Waals surface area (Å²) in [5.41, 5.74) is 0. The Morgan fingerprint density at radius 2 is 2.55 bits per heavy atom. The van der Waals surface area contributed by atoms with Gasteiger partial charge in [0, 0.05) is 0 Å². The Bertz CT molecular complexity index is 244. The van der Waals surface area contributed by atoms with Crippen molar-refractivity contribution in [1.29, 1.82) is 0 Å². The van der Waals surface area contributed by atoms with E-state index in [4.69, 9.17) is 0 Å². The third kappa shape index (κ3) is 1.00. The molecule has 0 aliphatic carbocycles. The van der Waals surface area contributed by atoms with Gasteiger partial charge in [0.1, 0.15) is 12.5 Å². The number of amides is 1. The van der Waals surface area contributed by atoms with Gasteiger partial charge in [0.05, 0.1) is 5.92 Å². The summed E-state index contributed by atoms with van der Waals surface area (Å²) in [6, 6.07) is 0. The van der Waals surface area contributed by atoms with Gasteiger partial charge >= 0.3 is 0 Å². The first-order valence-electron chi connectivity index (χ1n) is 3.61. The Balaban J connectivity index is 2.27. The highest BCUT2D eigenvalue weighted by Crippen LogP contribution is 2.12. The first kappa shape index (κ1) is 6.39. The molecule has 1 unspecified atom stereocenters. The number of aliphatic imine (C=N–C) groups is 1. The number of fused-ring (bicyclic) bond motifs is 1. The van der Waals surface area contributed by atoms with Crippen molar-refractivity contribution in [1.82, 2.24) is 10.6 Å². The van der Waals surface area contributed by atoms with Crippen LogP contribution in [0.25, 0.3) is 0 Å². The van der Waals surface area contributed by atoms with Crippen molar-refractivity contribution in [2.75, 3.05) is 6.67 Å². The van der Waals surface area contributed by atoms with Crippen molar-refractivity contribution in [3.8, 4) is 0 Å². The average molecular weight is 151 g/mol. The van der Waals surface area contributed by atoms with E-state index in [2.05, 4.69) is 15.6 Å². The van der Waals surface area contributed by atoms with Gasteiger partial charge in [-0.15, -0.1) is 0 Å². The summed E-state index contributed by atoms with van der Waals surface area (Å²) in [5.74, 6) is 0.803. The number of hydrogen-bond donors (Lipinski definition) is 2. The minimum absolute atomic E-state index is 0.0752. The molecule has 0 aromatic carbocycles. The number of nitrogens with zero attached hydrogens (tertiary/aromatic N) is 1. The maximum atomic E-state index is 11.2. The van der Waals surface area contributed by atoms with Gasteiger partial charge in [-0.1, -0.05) is 6.08 Å². The molecule has 0 saturated carbocycles. The SMILES string of the molecule is O=C1NCN=C2NC=CCC12. The van der Waals surface area contributed by atoms with Crippen LogP contribution in [0.1, 0.15) is 6.42 Å². The fraction of sp³-hybridized carbons (Fsp3) is 0.429. The van der Waals surface area contributed by atoms with Crippen LogP contribution < -0.4 is 10.6 Å². The molecule has 11 heavy (non-hydrogen) atoms. The summed E-state index contributed by atoms with van der Waals surface area (Å²) >= 11 is 0. The second-order valence-electron chi connectivity index (χ2n) is 2.58. The fourth-order valence-electron chi connectivity index (χ4n) is 1.27. The zero-order chi connectivity index (χ0) is 7.68. The Morgan fingerprint density at radius 3 is 3.36 bits per heavy atom. The molecule has 4 nitrogen and oxygen atoms in total. The predicted octanol–water partition coefficient (Wildman–Crippen LogP) is -0.405. The standard InChI is InChI=1S/C7H9N3O/c11-7-5-2-1-3-8-6(5)9-4-10-7/h1,3,5H,2,4H2,(H,8,9)(H,10,11). The third-order valence-electron chi connectivity index (χ3n) is 1.87. The molecule has 2 aliphatic heterocycles. The average Bonchev–Trinajstić information content (AvgIpc) is 2.06. The van der Waals surface area contributed by atoms with E-state index in [9.17, 15) is 4.79 Å². The number of hydrogen-bond acceptors (Lipinski definition) is 3. The van der Waals surface area contributed by atoms with Crippen LogP contribution in [-0.4, -0.2) is 18.4 Å². The van der Waals surface area contributed by atoms with E-state index in [-0.39, 0.29) is 11.8 Å². The first-order chi connectivity index (χ1) is 5.38. The molecule has 0 bridgehead atoms. The lowest BCUT2D eigenvalue weighted by Crippen LogP contribution is -2.45. The number of carbonyl (C=O) groups excluding carboxylic acids is 1. The monoisotopic (exact) mass is 151 g/mol. The molecule has 58 valence electrons.